The highest BCUT2D eigenvalue weighted by molar-refractivity contribution is 5.82. The van der Waals surface area contributed by atoms with Gasteiger partial charge in [-0.3, -0.25) is 19.7 Å². The fraction of sp³-hybridized carbons (Fsp3) is 0.467. The first-order valence-electron chi connectivity index (χ1n) is 7.29. The Morgan fingerprint density at radius 2 is 2.05 bits per heavy atom. The second-order valence-corrected chi connectivity index (χ2v) is 5.57. The van der Waals surface area contributed by atoms with Crippen molar-refractivity contribution in [2.24, 2.45) is 11.7 Å². The van der Waals surface area contributed by atoms with Gasteiger partial charge in [0.2, 0.25) is 11.8 Å². The molecule has 0 spiro atoms. The molecule has 1 fully saturated rings. The van der Waals surface area contributed by atoms with Gasteiger partial charge >= 0.3 is 0 Å². The second-order valence-electron chi connectivity index (χ2n) is 5.57. The SMILES string of the molecule is NC(=O)C1CCCCC1NC(=O)Cc1cccc([N+](=O)[O-])c1. The van der Waals surface area contributed by atoms with Crippen LogP contribution in [0.1, 0.15) is 31.2 Å². The van der Waals surface area contributed by atoms with E-state index < -0.39 is 4.92 Å². The molecule has 2 amide bonds. The van der Waals surface area contributed by atoms with Crippen LogP contribution in [0.2, 0.25) is 0 Å². The molecule has 1 aliphatic carbocycles. The normalized spacial score (nSPS) is 21.1. The maximum absolute atomic E-state index is 12.1. The molecule has 0 saturated heterocycles. The molecule has 7 nitrogen and oxygen atoms in total. The number of nitrogens with one attached hydrogen (secondary N) is 1. The molecular formula is C15H19N3O4. The smallest absolute Gasteiger partial charge is 0.269 e. The van der Waals surface area contributed by atoms with Gasteiger partial charge in [0, 0.05) is 18.2 Å². The summed E-state index contributed by atoms with van der Waals surface area (Å²) in [4.78, 5) is 33.8. The Kier molecular flexibility index (Phi) is 5.08. The van der Waals surface area contributed by atoms with Gasteiger partial charge in [-0.05, 0) is 18.4 Å². The highest BCUT2D eigenvalue weighted by atomic mass is 16.6. The lowest BCUT2D eigenvalue weighted by Gasteiger charge is -2.30. The summed E-state index contributed by atoms with van der Waals surface area (Å²) in [6.45, 7) is 0. The molecule has 22 heavy (non-hydrogen) atoms. The van der Waals surface area contributed by atoms with E-state index >= 15 is 0 Å². The van der Waals surface area contributed by atoms with E-state index in [0.29, 0.717) is 12.0 Å². The molecule has 3 N–H and O–H groups in total. The maximum atomic E-state index is 12.1. The summed E-state index contributed by atoms with van der Waals surface area (Å²) in [5.74, 6) is -0.971. The number of hydrogen-bond acceptors (Lipinski definition) is 4. The van der Waals surface area contributed by atoms with Gasteiger partial charge in [-0.1, -0.05) is 25.0 Å². The molecule has 0 radical (unpaired) electrons. The first kappa shape index (κ1) is 15.9. The molecule has 0 aliphatic heterocycles. The van der Waals surface area contributed by atoms with Crippen molar-refractivity contribution in [3.8, 4) is 0 Å². The molecular weight excluding hydrogens is 286 g/mol. The fourth-order valence-corrected chi connectivity index (χ4v) is 2.87. The van der Waals surface area contributed by atoms with E-state index in [1.807, 2.05) is 0 Å². The van der Waals surface area contributed by atoms with Crippen LogP contribution in [0.3, 0.4) is 0 Å². The zero-order chi connectivity index (χ0) is 16.1. The lowest BCUT2D eigenvalue weighted by Crippen LogP contribution is -2.47. The van der Waals surface area contributed by atoms with Crippen LogP contribution in [-0.2, 0) is 16.0 Å². The van der Waals surface area contributed by atoms with Crippen LogP contribution >= 0.6 is 0 Å². The Bertz CT molecular complexity index is 588. The lowest BCUT2D eigenvalue weighted by atomic mass is 9.84. The standard InChI is InChI=1S/C15H19N3O4/c16-15(20)12-6-1-2-7-13(12)17-14(19)9-10-4-3-5-11(8-10)18(21)22/h3-5,8,12-13H,1-2,6-7,9H2,(H2,16,20)(H,17,19). The van der Waals surface area contributed by atoms with Crippen molar-refractivity contribution in [3.63, 3.8) is 0 Å². The molecule has 2 rings (SSSR count). The number of hydrogen-bond donors (Lipinski definition) is 2. The van der Waals surface area contributed by atoms with Gasteiger partial charge < -0.3 is 11.1 Å². The van der Waals surface area contributed by atoms with Crippen molar-refractivity contribution in [2.45, 2.75) is 38.1 Å². The third-order valence-corrected chi connectivity index (χ3v) is 3.96. The van der Waals surface area contributed by atoms with Crippen LogP contribution < -0.4 is 11.1 Å². The van der Waals surface area contributed by atoms with Crippen molar-refractivity contribution in [1.29, 1.82) is 0 Å². The molecule has 1 aromatic carbocycles. The fourth-order valence-electron chi connectivity index (χ4n) is 2.87. The minimum atomic E-state index is -0.494. The molecule has 7 heteroatoms. The molecule has 118 valence electrons. The molecule has 2 atom stereocenters. The molecule has 1 aromatic rings. The topological polar surface area (TPSA) is 115 Å². The number of nitro groups is 1. The van der Waals surface area contributed by atoms with E-state index in [4.69, 9.17) is 5.73 Å². The number of benzene rings is 1. The highest BCUT2D eigenvalue weighted by Gasteiger charge is 2.30. The monoisotopic (exact) mass is 305 g/mol. The molecule has 0 aromatic heterocycles. The molecule has 2 unspecified atom stereocenters. The van der Waals surface area contributed by atoms with E-state index in [0.717, 1.165) is 19.3 Å². The largest absolute Gasteiger partial charge is 0.369 e. The first-order valence-corrected chi connectivity index (χ1v) is 7.29. The molecule has 0 bridgehead atoms. The van der Waals surface area contributed by atoms with E-state index in [1.165, 1.54) is 12.1 Å². The van der Waals surface area contributed by atoms with Crippen molar-refractivity contribution < 1.29 is 14.5 Å². The van der Waals surface area contributed by atoms with Crippen molar-refractivity contribution in [3.05, 3.63) is 39.9 Å². The van der Waals surface area contributed by atoms with Crippen LogP contribution in [0.5, 0.6) is 0 Å². The molecule has 0 heterocycles. The zero-order valence-corrected chi connectivity index (χ0v) is 12.2. The Hall–Kier alpha value is -2.44. The number of nitrogens with zero attached hydrogens (tertiary/aromatic N) is 1. The van der Waals surface area contributed by atoms with E-state index in [1.54, 1.807) is 12.1 Å². The average Bonchev–Trinajstić information content (AvgIpc) is 2.47. The Labute approximate surface area is 128 Å². The quantitative estimate of drug-likeness (QED) is 0.630. The third kappa shape index (κ3) is 4.03. The number of primary amides is 1. The Morgan fingerprint density at radius 1 is 1.32 bits per heavy atom. The first-order chi connectivity index (χ1) is 10.5. The van der Waals surface area contributed by atoms with Crippen molar-refractivity contribution in [2.75, 3.05) is 0 Å². The number of carbonyl (C=O) groups is 2. The van der Waals surface area contributed by atoms with E-state index in [9.17, 15) is 19.7 Å². The van der Waals surface area contributed by atoms with Gasteiger partial charge in [-0.15, -0.1) is 0 Å². The predicted octanol–water partition coefficient (Wildman–Crippen LogP) is 1.30. The van der Waals surface area contributed by atoms with E-state index in [-0.39, 0.29) is 35.9 Å². The van der Waals surface area contributed by atoms with Crippen molar-refractivity contribution in [1.82, 2.24) is 5.32 Å². The van der Waals surface area contributed by atoms with Crippen LogP contribution in [0.4, 0.5) is 5.69 Å². The number of rotatable bonds is 5. The second kappa shape index (κ2) is 7.02. The van der Waals surface area contributed by atoms with Crippen LogP contribution in [0.15, 0.2) is 24.3 Å². The Morgan fingerprint density at radius 3 is 2.73 bits per heavy atom. The van der Waals surface area contributed by atoms with Crippen molar-refractivity contribution >= 4 is 17.5 Å². The van der Waals surface area contributed by atoms with E-state index in [2.05, 4.69) is 5.32 Å². The summed E-state index contributed by atoms with van der Waals surface area (Å²) in [6.07, 6.45) is 3.35. The molecule has 1 saturated carbocycles. The molecule has 1 aliphatic rings. The van der Waals surface area contributed by atoms with Gasteiger partial charge in [-0.2, -0.15) is 0 Å². The Balaban J connectivity index is 1.98. The summed E-state index contributed by atoms with van der Waals surface area (Å²) in [5, 5.41) is 13.6. The predicted molar refractivity (Wildman–Crippen MR) is 79.9 cm³/mol. The summed E-state index contributed by atoms with van der Waals surface area (Å²) in [7, 11) is 0. The summed E-state index contributed by atoms with van der Waals surface area (Å²) in [6, 6.07) is 5.74. The lowest BCUT2D eigenvalue weighted by molar-refractivity contribution is -0.384. The minimum Gasteiger partial charge on any atom is -0.369 e. The number of nitrogens with two attached hydrogens (primary N) is 1. The third-order valence-electron chi connectivity index (χ3n) is 3.96. The van der Waals surface area contributed by atoms with Gasteiger partial charge in [0.1, 0.15) is 0 Å². The van der Waals surface area contributed by atoms with Crippen LogP contribution in [-0.4, -0.2) is 22.8 Å². The zero-order valence-electron chi connectivity index (χ0n) is 12.2. The van der Waals surface area contributed by atoms with Crippen LogP contribution in [0.25, 0.3) is 0 Å². The van der Waals surface area contributed by atoms with Gasteiger partial charge in [-0.25, -0.2) is 0 Å². The summed E-state index contributed by atoms with van der Waals surface area (Å²) in [5.41, 5.74) is 5.90. The highest BCUT2D eigenvalue weighted by Crippen LogP contribution is 2.24. The number of non-ortho nitro benzene ring substituents is 1. The minimum absolute atomic E-state index is 0.0435. The van der Waals surface area contributed by atoms with Gasteiger partial charge in [0.15, 0.2) is 0 Å². The van der Waals surface area contributed by atoms with Gasteiger partial charge in [0.05, 0.1) is 17.3 Å². The number of carbonyl (C=O) groups excluding carboxylic acids is 2. The van der Waals surface area contributed by atoms with Crippen LogP contribution in [0, 0.1) is 16.0 Å². The summed E-state index contributed by atoms with van der Waals surface area (Å²) < 4.78 is 0. The number of nitro benzene ring substituents is 1. The average molecular weight is 305 g/mol. The van der Waals surface area contributed by atoms with Gasteiger partial charge in [0.25, 0.3) is 5.69 Å². The summed E-state index contributed by atoms with van der Waals surface area (Å²) >= 11 is 0. The maximum Gasteiger partial charge on any atom is 0.269 e. The number of amides is 2.